The van der Waals surface area contributed by atoms with E-state index in [9.17, 15) is 0 Å². The minimum absolute atomic E-state index is 0.244. The first-order chi connectivity index (χ1) is 14.4. The molecule has 5 rings (SSSR count). The summed E-state index contributed by atoms with van der Waals surface area (Å²) in [7, 11) is 0. The molecule has 1 aliphatic rings. The lowest BCUT2D eigenvalue weighted by molar-refractivity contribution is 0.200. The molecular weight excluding hydrogens is 376 g/mol. The van der Waals surface area contributed by atoms with Crippen LogP contribution in [-0.2, 0) is 0 Å². The molecule has 1 atom stereocenters. The van der Waals surface area contributed by atoms with Gasteiger partial charge in [-0.3, -0.25) is 4.90 Å². The van der Waals surface area contributed by atoms with E-state index in [1.807, 2.05) is 47.7 Å². The Bertz CT molecular complexity index is 1050. The Kier molecular flexibility index (Phi) is 5.31. The lowest BCUT2D eigenvalue weighted by Crippen LogP contribution is -2.45. The number of piperazine rings is 1. The van der Waals surface area contributed by atoms with Gasteiger partial charge in [-0.25, -0.2) is 0 Å². The van der Waals surface area contributed by atoms with Crippen molar-refractivity contribution >= 4 is 21.4 Å². The summed E-state index contributed by atoms with van der Waals surface area (Å²) in [5.74, 6) is 1.75. The molecule has 4 aromatic rings. The molecule has 3 aromatic carbocycles. The standard InChI is InChI=1S/C25H24N2OS/c1-2-9-21(10-3-1)28-22-11-6-8-20(17-22)25(27-15-13-26-14-16-27)24-18-19-7-4-5-12-23(19)29-24/h1-12,17-18,25-26H,13-16H2. The molecule has 4 heteroatoms. The van der Waals surface area contributed by atoms with Crippen LogP contribution in [-0.4, -0.2) is 31.1 Å². The van der Waals surface area contributed by atoms with E-state index >= 15 is 0 Å². The molecule has 0 bridgehead atoms. The molecule has 1 saturated heterocycles. The molecule has 0 saturated carbocycles. The quantitative estimate of drug-likeness (QED) is 0.466. The van der Waals surface area contributed by atoms with Crippen LogP contribution in [0.25, 0.3) is 10.1 Å². The van der Waals surface area contributed by atoms with E-state index < -0.39 is 0 Å². The van der Waals surface area contributed by atoms with E-state index in [2.05, 4.69) is 58.7 Å². The number of rotatable bonds is 5. The van der Waals surface area contributed by atoms with Crippen molar-refractivity contribution in [2.24, 2.45) is 0 Å². The van der Waals surface area contributed by atoms with E-state index in [1.54, 1.807) is 0 Å². The summed E-state index contributed by atoms with van der Waals surface area (Å²) < 4.78 is 7.47. The maximum absolute atomic E-state index is 6.12. The SMILES string of the molecule is c1ccc(Oc2cccc(C(c3cc4ccccc4s3)N3CCNCC3)c2)cc1. The first kappa shape index (κ1) is 18.4. The lowest BCUT2D eigenvalue weighted by atomic mass is 10.0. The molecule has 0 radical (unpaired) electrons. The molecule has 3 nitrogen and oxygen atoms in total. The van der Waals surface area contributed by atoms with Crippen molar-refractivity contribution in [2.75, 3.05) is 26.2 Å². The number of hydrogen-bond donors (Lipinski definition) is 1. The summed E-state index contributed by atoms with van der Waals surface area (Å²) in [4.78, 5) is 3.98. The van der Waals surface area contributed by atoms with Crippen molar-refractivity contribution in [3.63, 3.8) is 0 Å². The highest BCUT2D eigenvalue weighted by atomic mass is 32.1. The first-order valence-corrected chi connectivity index (χ1v) is 10.9. The van der Waals surface area contributed by atoms with Crippen LogP contribution in [0.5, 0.6) is 11.5 Å². The minimum atomic E-state index is 0.244. The van der Waals surface area contributed by atoms with Crippen molar-refractivity contribution in [3.8, 4) is 11.5 Å². The maximum atomic E-state index is 6.12. The molecule has 0 amide bonds. The number of benzene rings is 3. The fourth-order valence-corrected chi connectivity index (χ4v) is 5.23. The van der Waals surface area contributed by atoms with Gasteiger partial charge in [0.15, 0.2) is 0 Å². The Morgan fingerprint density at radius 1 is 0.793 bits per heavy atom. The Morgan fingerprint density at radius 2 is 1.55 bits per heavy atom. The summed E-state index contributed by atoms with van der Waals surface area (Å²) in [6, 6.07) is 29.8. The van der Waals surface area contributed by atoms with Gasteiger partial charge in [-0.15, -0.1) is 11.3 Å². The summed E-state index contributed by atoms with van der Waals surface area (Å²) in [5.41, 5.74) is 1.28. The van der Waals surface area contributed by atoms with E-state index in [-0.39, 0.29) is 6.04 Å². The average Bonchev–Trinajstić information content (AvgIpc) is 3.19. The van der Waals surface area contributed by atoms with Gasteiger partial charge in [0.05, 0.1) is 6.04 Å². The van der Waals surface area contributed by atoms with Gasteiger partial charge in [-0.1, -0.05) is 48.5 Å². The van der Waals surface area contributed by atoms with Crippen LogP contribution in [0.3, 0.4) is 0 Å². The maximum Gasteiger partial charge on any atom is 0.127 e. The molecular formula is C25H24N2OS. The first-order valence-electron chi connectivity index (χ1n) is 10.1. The molecule has 1 aromatic heterocycles. The van der Waals surface area contributed by atoms with Crippen molar-refractivity contribution < 1.29 is 4.74 Å². The number of nitrogens with one attached hydrogen (secondary N) is 1. The van der Waals surface area contributed by atoms with E-state index in [0.717, 1.165) is 37.7 Å². The van der Waals surface area contributed by atoms with E-state index in [4.69, 9.17) is 4.74 Å². The average molecular weight is 401 g/mol. The highest BCUT2D eigenvalue weighted by molar-refractivity contribution is 7.19. The Labute approximate surface area is 175 Å². The summed E-state index contributed by atoms with van der Waals surface area (Å²) >= 11 is 1.90. The molecule has 1 N–H and O–H groups in total. The van der Waals surface area contributed by atoms with Crippen LogP contribution in [0.4, 0.5) is 0 Å². The zero-order valence-corrected chi connectivity index (χ0v) is 17.1. The number of ether oxygens (including phenoxy) is 1. The molecule has 146 valence electrons. The van der Waals surface area contributed by atoms with Crippen molar-refractivity contribution in [1.29, 1.82) is 0 Å². The summed E-state index contributed by atoms with van der Waals surface area (Å²) in [5, 5.41) is 4.80. The van der Waals surface area contributed by atoms with Crippen LogP contribution >= 0.6 is 11.3 Å². The third-order valence-electron chi connectivity index (χ3n) is 5.38. The second kappa shape index (κ2) is 8.37. The van der Waals surface area contributed by atoms with Gasteiger partial charge in [0, 0.05) is 35.8 Å². The van der Waals surface area contributed by atoms with Crippen LogP contribution in [0.2, 0.25) is 0 Å². The molecule has 0 spiro atoms. The van der Waals surface area contributed by atoms with E-state index in [1.165, 1.54) is 20.5 Å². The van der Waals surface area contributed by atoms with Gasteiger partial charge in [0.25, 0.3) is 0 Å². The number of nitrogens with zero attached hydrogens (tertiary/aromatic N) is 1. The highest BCUT2D eigenvalue weighted by Gasteiger charge is 2.26. The van der Waals surface area contributed by atoms with Crippen molar-refractivity contribution in [2.45, 2.75) is 6.04 Å². The van der Waals surface area contributed by atoms with Crippen molar-refractivity contribution in [3.05, 3.63) is 95.4 Å². The molecule has 29 heavy (non-hydrogen) atoms. The molecule has 1 unspecified atom stereocenters. The number of fused-ring (bicyclic) bond motifs is 1. The van der Waals surface area contributed by atoms with Gasteiger partial charge in [-0.2, -0.15) is 0 Å². The second-order valence-corrected chi connectivity index (χ2v) is 8.48. The Hall–Kier alpha value is -2.66. The lowest BCUT2D eigenvalue weighted by Gasteiger charge is -2.34. The number of para-hydroxylation sites is 1. The fourth-order valence-electron chi connectivity index (χ4n) is 4.01. The normalized spacial score (nSPS) is 16.0. The third kappa shape index (κ3) is 4.06. The Balaban J connectivity index is 1.53. The number of thiophene rings is 1. The highest BCUT2D eigenvalue weighted by Crippen LogP contribution is 2.38. The summed E-state index contributed by atoms with van der Waals surface area (Å²) in [6.07, 6.45) is 0. The van der Waals surface area contributed by atoms with Gasteiger partial charge in [0.2, 0.25) is 0 Å². The molecule has 0 aliphatic carbocycles. The van der Waals surface area contributed by atoms with Crippen LogP contribution in [0, 0.1) is 0 Å². The zero-order chi connectivity index (χ0) is 19.5. The predicted octanol–water partition coefficient (Wildman–Crippen LogP) is 5.69. The minimum Gasteiger partial charge on any atom is -0.457 e. The monoisotopic (exact) mass is 400 g/mol. The molecule has 2 heterocycles. The Morgan fingerprint density at radius 3 is 2.38 bits per heavy atom. The van der Waals surface area contributed by atoms with E-state index in [0.29, 0.717) is 0 Å². The number of hydrogen-bond acceptors (Lipinski definition) is 4. The predicted molar refractivity (Wildman–Crippen MR) is 121 cm³/mol. The molecule has 1 fully saturated rings. The van der Waals surface area contributed by atoms with Gasteiger partial charge in [0.1, 0.15) is 11.5 Å². The topological polar surface area (TPSA) is 24.5 Å². The third-order valence-corrected chi connectivity index (χ3v) is 6.55. The zero-order valence-electron chi connectivity index (χ0n) is 16.3. The molecule has 1 aliphatic heterocycles. The van der Waals surface area contributed by atoms with Crippen LogP contribution in [0.1, 0.15) is 16.5 Å². The fraction of sp³-hybridized carbons (Fsp3) is 0.200. The van der Waals surface area contributed by atoms with Gasteiger partial charge < -0.3 is 10.1 Å². The summed E-state index contributed by atoms with van der Waals surface area (Å²) in [6.45, 7) is 4.15. The van der Waals surface area contributed by atoms with Gasteiger partial charge >= 0.3 is 0 Å². The van der Waals surface area contributed by atoms with Crippen molar-refractivity contribution in [1.82, 2.24) is 10.2 Å². The van der Waals surface area contributed by atoms with Crippen LogP contribution < -0.4 is 10.1 Å². The smallest absolute Gasteiger partial charge is 0.127 e. The van der Waals surface area contributed by atoms with Crippen LogP contribution in [0.15, 0.2) is 84.9 Å². The van der Waals surface area contributed by atoms with Gasteiger partial charge in [-0.05, 0) is 47.3 Å². The second-order valence-electron chi connectivity index (χ2n) is 7.36. The largest absolute Gasteiger partial charge is 0.457 e.